The number of hydrogen-bond donors (Lipinski definition) is 1. The molecule has 0 unspecified atom stereocenters. The number of nitrogens with zero attached hydrogens (tertiary/aromatic N) is 2. The Kier molecular flexibility index (Phi) is 5.26. The Morgan fingerprint density at radius 1 is 1.20 bits per heavy atom. The first kappa shape index (κ1) is 17.3. The fourth-order valence-corrected chi connectivity index (χ4v) is 3.25. The van der Waals surface area contributed by atoms with E-state index < -0.39 is 17.2 Å². The van der Waals surface area contributed by atoms with Gasteiger partial charge in [0.05, 0.1) is 0 Å². The minimum atomic E-state index is -0.484. The first-order chi connectivity index (χ1) is 12.1. The predicted octanol–water partition coefficient (Wildman–Crippen LogP) is 3.13. The molecule has 0 bridgehead atoms. The summed E-state index contributed by atoms with van der Waals surface area (Å²) in [7, 11) is 0. The number of aromatic nitrogens is 2. The van der Waals surface area contributed by atoms with Gasteiger partial charge in [0.1, 0.15) is 11.5 Å². The van der Waals surface area contributed by atoms with Gasteiger partial charge >= 0.3 is 0 Å². The fourth-order valence-electron chi connectivity index (χ4n) is 3.25. The average molecular weight is 343 g/mol. The van der Waals surface area contributed by atoms with Crippen LogP contribution >= 0.6 is 0 Å². The number of halogens is 1. The first-order valence-electron chi connectivity index (χ1n) is 8.73. The molecule has 1 aromatic heterocycles. The second kappa shape index (κ2) is 7.59. The second-order valence-electron chi connectivity index (χ2n) is 6.52. The van der Waals surface area contributed by atoms with E-state index in [2.05, 4.69) is 10.4 Å². The molecule has 0 radical (unpaired) electrons. The van der Waals surface area contributed by atoms with Crippen molar-refractivity contribution in [1.82, 2.24) is 15.1 Å². The largest absolute Gasteiger partial charge is 0.348 e. The number of carbonyl (C=O) groups excluding carboxylic acids is 1. The van der Waals surface area contributed by atoms with Gasteiger partial charge in [-0.25, -0.2) is 9.07 Å². The Balaban J connectivity index is 1.91. The molecule has 5 nitrogen and oxygen atoms in total. The van der Waals surface area contributed by atoms with E-state index in [9.17, 15) is 14.0 Å². The Hall–Kier alpha value is -2.50. The monoisotopic (exact) mass is 343 g/mol. The lowest BCUT2D eigenvalue weighted by Gasteiger charge is -2.16. The maximum absolute atomic E-state index is 14.1. The molecule has 132 valence electrons. The van der Waals surface area contributed by atoms with Crippen molar-refractivity contribution in [3.05, 3.63) is 57.8 Å². The summed E-state index contributed by atoms with van der Waals surface area (Å²) in [5.41, 5.74) is 0.0407. The minimum absolute atomic E-state index is 0.0689. The van der Waals surface area contributed by atoms with Gasteiger partial charge in [0.25, 0.3) is 5.91 Å². The molecule has 0 saturated heterocycles. The van der Waals surface area contributed by atoms with Crippen LogP contribution in [0.3, 0.4) is 0 Å². The summed E-state index contributed by atoms with van der Waals surface area (Å²) >= 11 is 0. The van der Waals surface area contributed by atoms with E-state index in [0.717, 1.165) is 25.7 Å². The van der Waals surface area contributed by atoms with Gasteiger partial charge in [-0.15, -0.1) is 0 Å². The van der Waals surface area contributed by atoms with Crippen LogP contribution in [0.5, 0.6) is 0 Å². The van der Waals surface area contributed by atoms with Crippen LogP contribution in [0.2, 0.25) is 0 Å². The summed E-state index contributed by atoms with van der Waals surface area (Å²) in [5, 5.41) is 7.06. The molecule has 0 spiro atoms. The van der Waals surface area contributed by atoms with E-state index in [-0.39, 0.29) is 17.4 Å². The molecule has 0 atom stereocenters. The van der Waals surface area contributed by atoms with Crippen LogP contribution in [-0.2, 0) is 0 Å². The highest BCUT2D eigenvalue weighted by Gasteiger charge is 2.20. The van der Waals surface area contributed by atoms with Crippen molar-refractivity contribution >= 4 is 5.91 Å². The van der Waals surface area contributed by atoms with Gasteiger partial charge in [0.15, 0.2) is 5.69 Å². The molecular weight excluding hydrogens is 321 g/mol. The first-order valence-corrected chi connectivity index (χ1v) is 8.73. The van der Waals surface area contributed by atoms with Gasteiger partial charge < -0.3 is 5.32 Å². The van der Waals surface area contributed by atoms with Crippen LogP contribution in [0.1, 0.15) is 54.7 Å². The SMILES string of the molecule is Cc1cc(=O)c(C(=O)NC2CCCCCC2)nn1-c1ccccc1F. The van der Waals surface area contributed by atoms with Crippen molar-refractivity contribution in [3.8, 4) is 5.69 Å². The van der Waals surface area contributed by atoms with Gasteiger partial charge in [-0.05, 0) is 31.9 Å². The van der Waals surface area contributed by atoms with E-state index in [1.54, 1.807) is 25.1 Å². The lowest BCUT2D eigenvalue weighted by atomic mass is 10.1. The van der Waals surface area contributed by atoms with Gasteiger partial charge in [0.2, 0.25) is 5.43 Å². The topological polar surface area (TPSA) is 64.0 Å². The van der Waals surface area contributed by atoms with Crippen LogP contribution in [0, 0.1) is 12.7 Å². The molecule has 2 aromatic rings. The predicted molar refractivity (Wildman–Crippen MR) is 93.5 cm³/mol. The third-order valence-electron chi connectivity index (χ3n) is 4.59. The Morgan fingerprint density at radius 3 is 2.56 bits per heavy atom. The number of hydrogen-bond acceptors (Lipinski definition) is 3. The maximum atomic E-state index is 14.1. The number of rotatable bonds is 3. The highest BCUT2D eigenvalue weighted by atomic mass is 19.1. The van der Waals surface area contributed by atoms with Crippen LogP contribution < -0.4 is 10.7 Å². The number of benzene rings is 1. The van der Waals surface area contributed by atoms with Crippen LogP contribution in [0.15, 0.2) is 35.1 Å². The normalized spacial score (nSPS) is 15.6. The van der Waals surface area contributed by atoms with E-state index in [4.69, 9.17) is 0 Å². The lowest BCUT2D eigenvalue weighted by molar-refractivity contribution is 0.0925. The summed E-state index contributed by atoms with van der Waals surface area (Å²) in [6, 6.07) is 7.53. The van der Waals surface area contributed by atoms with E-state index in [0.29, 0.717) is 5.69 Å². The van der Waals surface area contributed by atoms with Gasteiger partial charge in [-0.3, -0.25) is 9.59 Å². The van der Waals surface area contributed by atoms with Crippen molar-refractivity contribution in [2.24, 2.45) is 0 Å². The van der Waals surface area contributed by atoms with Gasteiger partial charge in [0, 0.05) is 17.8 Å². The number of amides is 1. The molecule has 25 heavy (non-hydrogen) atoms. The van der Waals surface area contributed by atoms with Crippen LogP contribution in [0.25, 0.3) is 5.69 Å². The molecule has 1 aliphatic carbocycles. The van der Waals surface area contributed by atoms with Crippen LogP contribution in [-0.4, -0.2) is 21.7 Å². The Morgan fingerprint density at radius 2 is 1.88 bits per heavy atom. The van der Waals surface area contributed by atoms with Crippen molar-refractivity contribution in [3.63, 3.8) is 0 Å². The summed E-state index contributed by atoms with van der Waals surface area (Å²) in [6.07, 6.45) is 6.33. The molecule has 1 fully saturated rings. The molecule has 6 heteroatoms. The summed E-state index contributed by atoms with van der Waals surface area (Å²) in [4.78, 5) is 24.8. The minimum Gasteiger partial charge on any atom is -0.348 e. The number of carbonyl (C=O) groups is 1. The molecule has 1 N–H and O–H groups in total. The number of nitrogens with one attached hydrogen (secondary N) is 1. The standard InChI is InChI=1S/C19H22FN3O2/c1-13-12-17(24)18(19(25)21-14-8-4-2-3-5-9-14)22-23(13)16-11-7-6-10-15(16)20/h6-7,10-12,14H,2-5,8-9H2,1H3,(H,21,25). The van der Waals surface area contributed by atoms with Crippen molar-refractivity contribution in [1.29, 1.82) is 0 Å². The number of para-hydroxylation sites is 1. The third-order valence-corrected chi connectivity index (χ3v) is 4.59. The van der Waals surface area contributed by atoms with Crippen molar-refractivity contribution < 1.29 is 9.18 Å². The zero-order valence-corrected chi connectivity index (χ0v) is 14.3. The Bertz CT molecular complexity index is 824. The van der Waals surface area contributed by atoms with Gasteiger partial charge in [-0.2, -0.15) is 5.10 Å². The molecule has 3 rings (SSSR count). The molecule has 1 saturated carbocycles. The third kappa shape index (κ3) is 3.95. The summed E-state index contributed by atoms with van der Waals surface area (Å²) in [6.45, 7) is 1.66. The van der Waals surface area contributed by atoms with Crippen LogP contribution in [0.4, 0.5) is 4.39 Å². The van der Waals surface area contributed by atoms with E-state index in [1.807, 2.05) is 0 Å². The molecule has 1 aliphatic rings. The summed E-state index contributed by atoms with van der Waals surface area (Å²) < 4.78 is 15.4. The average Bonchev–Trinajstić information content (AvgIpc) is 2.84. The van der Waals surface area contributed by atoms with Gasteiger partial charge in [-0.1, -0.05) is 37.8 Å². The summed E-state index contributed by atoms with van der Waals surface area (Å²) in [5.74, 6) is -0.945. The second-order valence-corrected chi connectivity index (χ2v) is 6.52. The smallest absolute Gasteiger partial charge is 0.276 e. The fraction of sp³-hybridized carbons (Fsp3) is 0.421. The zero-order chi connectivity index (χ0) is 17.8. The molecule has 1 amide bonds. The molecular formula is C19H22FN3O2. The van der Waals surface area contributed by atoms with Crippen molar-refractivity contribution in [2.45, 2.75) is 51.5 Å². The quantitative estimate of drug-likeness (QED) is 0.871. The zero-order valence-electron chi connectivity index (χ0n) is 14.3. The Labute approximate surface area is 145 Å². The highest BCUT2D eigenvalue weighted by Crippen LogP contribution is 2.17. The molecule has 1 aromatic carbocycles. The van der Waals surface area contributed by atoms with E-state index >= 15 is 0 Å². The lowest BCUT2D eigenvalue weighted by Crippen LogP contribution is -2.38. The number of aryl methyl sites for hydroxylation is 1. The molecule has 0 aliphatic heterocycles. The molecule has 1 heterocycles. The highest BCUT2D eigenvalue weighted by molar-refractivity contribution is 5.92. The van der Waals surface area contributed by atoms with E-state index in [1.165, 1.54) is 29.7 Å². The van der Waals surface area contributed by atoms with Crippen molar-refractivity contribution in [2.75, 3.05) is 0 Å². The maximum Gasteiger partial charge on any atom is 0.276 e.